The minimum atomic E-state index is -1.04. The molecule has 27 heavy (non-hydrogen) atoms. The standard InChI is InChI=1S/C11H10FNO2.C8H9FIN.CH4/c1-2-6-3-7-4-10(11(14)15)13-9(7)5-8(6)12;1-2-5-3-7(10)8(11)4-6(5)9;/h3-5,13H,2H2,1H3,(H,14,15);3-4H,2,11H2,1H3;1H4. The fourth-order valence-electron chi connectivity index (χ4n) is 2.46. The van der Waals surface area contributed by atoms with Crippen LogP contribution in [0.1, 0.15) is 42.9 Å². The Morgan fingerprint density at radius 3 is 2.19 bits per heavy atom. The summed E-state index contributed by atoms with van der Waals surface area (Å²) in [6, 6.07) is 7.68. The SMILES string of the molecule is C.CCc1cc(I)c(N)cc1F.CCc1cc2cc(C(=O)O)[nH]c2cc1F. The molecule has 0 fully saturated rings. The Morgan fingerprint density at radius 1 is 1.07 bits per heavy atom. The second kappa shape index (κ2) is 9.68. The van der Waals surface area contributed by atoms with Crippen molar-refractivity contribution >= 4 is 45.2 Å². The first kappa shape index (κ1) is 22.9. The molecule has 2 aromatic carbocycles. The Kier molecular flexibility index (Phi) is 8.20. The van der Waals surface area contributed by atoms with E-state index < -0.39 is 5.97 Å². The van der Waals surface area contributed by atoms with Crippen molar-refractivity contribution < 1.29 is 18.7 Å². The first-order chi connectivity index (χ1) is 12.3. The van der Waals surface area contributed by atoms with E-state index in [0.29, 0.717) is 29.6 Å². The minimum absolute atomic E-state index is 0. The van der Waals surface area contributed by atoms with Crippen molar-refractivity contribution in [2.45, 2.75) is 34.1 Å². The van der Waals surface area contributed by atoms with Crippen molar-refractivity contribution in [3.8, 4) is 0 Å². The molecule has 0 spiro atoms. The third-order valence-electron chi connectivity index (χ3n) is 3.95. The largest absolute Gasteiger partial charge is 0.477 e. The number of aryl methyl sites for hydroxylation is 2. The molecule has 0 atom stereocenters. The summed E-state index contributed by atoms with van der Waals surface area (Å²) >= 11 is 2.10. The third-order valence-corrected chi connectivity index (χ3v) is 4.88. The van der Waals surface area contributed by atoms with Crippen LogP contribution in [0.5, 0.6) is 0 Å². The fourth-order valence-corrected chi connectivity index (χ4v) is 2.99. The van der Waals surface area contributed by atoms with E-state index in [4.69, 9.17) is 10.8 Å². The highest BCUT2D eigenvalue weighted by Crippen LogP contribution is 2.21. The number of nitrogen functional groups attached to an aromatic ring is 1. The number of carbonyl (C=O) groups is 1. The van der Waals surface area contributed by atoms with E-state index in [-0.39, 0.29) is 24.8 Å². The maximum Gasteiger partial charge on any atom is 0.352 e. The fraction of sp³-hybridized carbons (Fsp3) is 0.250. The molecule has 0 saturated heterocycles. The number of halogens is 3. The molecular formula is C20H23F2IN2O2. The summed E-state index contributed by atoms with van der Waals surface area (Å²) in [6.45, 7) is 3.78. The maximum atomic E-state index is 13.4. The van der Waals surface area contributed by atoms with Gasteiger partial charge in [-0.25, -0.2) is 13.6 Å². The lowest BCUT2D eigenvalue weighted by molar-refractivity contribution is 0.0691. The van der Waals surface area contributed by atoms with Crippen LogP contribution >= 0.6 is 22.6 Å². The van der Waals surface area contributed by atoms with Crippen LogP contribution in [0.4, 0.5) is 14.5 Å². The van der Waals surface area contributed by atoms with Crippen molar-refractivity contribution in [3.63, 3.8) is 0 Å². The van der Waals surface area contributed by atoms with Crippen molar-refractivity contribution in [2.24, 2.45) is 0 Å². The number of carboxylic acids is 1. The topological polar surface area (TPSA) is 79.1 Å². The summed E-state index contributed by atoms with van der Waals surface area (Å²) in [5.74, 6) is -1.54. The molecule has 4 nitrogen and oxygen atoms in total. The molecule has 0 aliphatic heterocycles. The Labute approximate surface area is 170 Å². The van der Waals surface area contributed by atoms with E-state index in [1.165, 1.54) is 18.2 Å². The number of hydrogen-bond donors (Lipinski definition) is 3. The van der Waals surface area contributed by atoms with Crippen molar-refractivity contribution in [2.75, 3.05) is 5.73 Å². The van der Waals surface area contributed by atoms with Gasteiger partial charge in [0.05, 0.1) is 0 Å². The van der Waals surface area contributed by atoms with Gasteiger partial charge in [0.15, 0.2) is 0 Å². The second-order valence-electron chi connectivity index (χ2n) is 5.69. The lowest BCUT2D eigenvalue weighted by atomic mass is 10.1. The van der Waals surface area contributed by atoms with Gasteiger partial charge in [-0.15, -0.1) is 0 Å². The number of hydrogen-bond acceptors (Lipinski definition) is 2. The van der Waals surface area contributed by atoms with Crippen LogP contribution in [0, 0.1) is 15.2 Å². The van der Waals surface area contributed by atoms with E-state index in [1.807, 2.05) is 13.8 Å². The van der Waals surface area contributed by atoms with Crippen LogP contribution < -0.4 is 5.73 Å². The molecule has 3 aromatic rings. The smallest absolute Gasteiger partial charge is 0.352 e. The van der Waals surface area contributed by atoms with Crippen LogP contribution in [-0.2, 0) is 12.8 Å². The number of rotatable bonds is 3. The second-order valence-corrected chi connectivity index (χ2v) is 6.85. The molecule has 0 unspecified atom stereocenters. The molecule has 7 heteroatoms. The molecule has 1 heterocycles. The molecule has 0 amide bonds. The van der Waals surface area contributed by atoms with Gasteiger partial charge in [-0.2, -0.15) is 0 Å². The average molecular weight is 488 g/mol. The van der Waals surface area contributed by atoms with E-state index in [2.05, 4.69) is 27.6 Å². The Bertz CT molecular complexity index is 955. The number of aromatic amines is 1. The zero-order valence-electron chi connectivity index (χ0n) is 14.4. The van der Waals surface area contributed by atoms with Crippen molar-refractivity contribution in [3.05, 3.63) is 62.4 Å². The van der Waals surface area contributed by atoms with Crippen LogP contribution in [-0.4, -0.2) is 16.1 Å². The summed E-state index contributed by atoms with van der Waals surface area (Å²) in [7, 11) is 0. The molecule has 0 bridgehead atoms. The Balaban J connectivity index is 0.000000273. The van der Waals surface area contributed by atoms with Gasteiger partial charge < -0.3 is 15.8 Å². The maximum absolute atomic E-state index is 13.4. The Morgan fingerprint density at radius 2 is 1.63 bits per heavy atom. The quantitative estimate of drug-likeness (QED) is 0.323. The predicted octanol–water partition coefficient (Wildman–Crippen LogP) is 5.78. The lowest BCUT2D eigenvalue weighted by Crippen LogP contribution is -1.95. The van der Waals surface area contributed by atoms with E-state index in [1.54, 1.807) is 12.1 Å². The molecule has 3 rings (SSSR count). The van der Waals surface area contributed by atoms with E-state index in [0.717, 1.165) is 14.5 Å². The summed E-state index contributed by atoms with van der Waals surface area (Å²) in [5, 5.41) is 9.48. The highest BCUT2D eigenvalue weighted by molar-refractivity contribution is 14.1. The number of aromatic carboxylic acids is 1. The van der Waals surface area contributed by atoms with Gasteiger partial charge in [-0.3, -0.25) is 0 Å². The molecule has 0 radical (unpaired) electrons. The van der Waals surface area contributed by atoms with Crippen molar-refractivity contribution in [1.29, 1.82) is 0 Å². The highest BCUT2D eigenvalue weighted by atomic mass is 127. The van der Waals surface area contributed by atoms with Crippen LogP contribution in [0.25, 0.3) is 10.9 Å². The molecule has 0 saturated carbocycles. The predicted molar refractivity (Wildman–Crippen MR) is 114 cm³/mol. The number of aromatic nitrogens is 1. The van der Waals surface area contributed by atoms with Gasteiger partial charge in [-0.1, -0.05) is 21.3 Å². The number of carboxylic acid groups (broad SMARTS) is 1. The number of anilines is 1. The number of nitrogens with one attached hydrogen (secondary N) is 1. The van der Waals surface area contributed by atoms with Gasteiger partial charge >= 0.3 is 5.97 Å². The summed E-state index contributed by atoms with van der Waals surface area (Å²) in [4.78, 5) is 13.3. The van der Waals surface area contributed by atoms with E-state index in [9.17, 15) is 13.6 Å². The Hall–Kier alpha value is -2.16. The van der Waals surface area contributed by atoms with Gasteiger partial charge in [0, 0.05) is 20.2 Å². The van der Waals surface area contributed by atoms with E-state index >= 15 is 0 Å². The van der Waals surface area contributed by atoms with Crippen LogP contribution in [0.2, 0.25) is 0 Å². The lowest BCUT2D eigenvalue weighted by Gasteiger charge is -2.02. The first-order valence-electron chi connectivity index (χ1n) is 8.04. The summed E-state index contributed by atoms with van der Waals surface area (Å²) < 4.78 is 27.2. The molecule has 0 aliphatic carbocycles. The number of H-pyrrole nitrogens is 1. The molecule has 0 aliphatic rings. The first-order valence-corrected chi connectivity index (χ1v) is 9.12. The highest BCUT2D eigenvalue weighted by Gasteiger charge is 2.10. The average Bonchev–Trinajstić information content (AvgIpc) is 3.01. The van der Waals surface area contributed by atoms with Gasteiger partial charge in [0.25, 0.3) is 0 Å². The number of benzene rings is 2. The zero-order chi connectivity index (χ0) is 19.4. The van der Waals surface area contributed by atoms with Gasteiger partial charge in [0.1, 0.15) is 17.3 Å². The third kappa shape index (κ3) is 5.41. The number of fused-ring (bicyclic) bond motifs is 1. The normalized spacial score (nSPS) is 10.1. The van der Waals surface area contributed by atoms with Crippen LogP contribution in [0.15, 0.2) is 30.3 Å². The van der Waals surface area contributed by atoms with Gasteiger partial charge in [-0.05, 0) is 76.9 Å². The molecule has 4 N–H and O–H groups in total. The summed E-state index contributed by atoms with van der Waals surface area (Å²) in [5.41, 5.74) is 7.93. The molecular weight excluding hydrogens is 465 g/mol. The van der Waals surface area contributed by atoms with Crippen molar-refractivity contribution in [1.82, 2.24) is 4.98 Å². The summed E-state index contributed by atoms with van der Waals surface area (Å²) in [6.07, 6.45) is 1.30. The number of nitrogens with two attached hydrogens (primary N) is 1. The minimum Gasteiger partial charge on any atom is -0.477 e. The van der Waals surface area contributed by atoms with Gasteiger partial charge in [0.2, 0.25) is 0 Å². The molecule has 146 valence electrons. The van der Waals surface area contributed by atoms with Crippen LogP contribution in [0.3, 0.4) is 0 Å². The monoisotopic (exact) mass is 488 g/mol. The molecule has 1 aromatic heterocycles. The zero-order valence-corrected chi connectivity index (χ0v) is 16.5.